The molecule has 2 fully saturated rings. The molecule has 2 saturated heterocycles. The predicted octanol–water partition coefficient (Wildman–Crippen LogP) is 2.68. The second kappa shape index (κ2) is 7.98. The number of aromatic amines is 2. The molecule has 0 amide bonds. The summed E-state index contributed by atoms with van der Waals surface area (Å²) in [7, 11) is 0. The van der Waals surface area contributed by atoms with Crippen LogP contribution < -0.4 is 0 Å². The maximum atomic E-state index is 10.3. The average Bonchev–Trinajstić information content (AvgIpc) is 3.68. The van der Waals surface area contributed by atoms with E-state index in [1.807, 2.05) is 35.2 Å². The summed E-state index contributed by atoms with van der Waals surface area (Å²) in [5.41, 5.74) is 5.46. The fourth-order valence-electron chi connectivity index (χ4n) is 6.16. The maximum Gasteiger partial charge on any atom is 0.165 e. The van der Waals surface area contributed by atoms with E-state index >= 15 is 0 Å². The molecule has 10 heteroatoms. The molecule has 0 radical (unpaired) electrons. The number of piperidine rings is 1. The average molecular weight is 471 g/mol. The fourth-order valence-corrected chi connectivity index (χ4v) is 6.16. The van der Waals surface area contributed by atoms with Crippen molar-refractivity contribution in [3.63, 3.8) is 0 Å². The lowest BCUT2D eigenvalue weighted by atomic mass is 9.86. The molecule has 178 valence electrons. The van der Waals surface area contributed by atoms with E-state index in [-0.39, 0.29) is 24.6 Å². The molecule has 7 rings (SSSR count). The summed E-state index contributed by atoms with van der Waals surface area (Å²) < 4.78 is 1.87. The van der Waals surface area contributed by atoms with Crippen LogP contribution in [0.15, 0.2) is 49.2 Å². The molecule has 35 heavy (non-hydrogen) atoms. The van der Waals surface area contributed by atoms with Crippen LogP contribution >= 0.6 is 0 Å². The third-order valence-corrected chi connectivity index (χ3v) is 7.68. The van der Waals surface area contributed by atoms with Crippen LogP contribution in [0, 0.1) is 0 Å². The molecular weight excluding hydrogens is 444 g/mol. The van der Waals surface area contributed by atoms with Crippen molar-refractivity contribution < 1.29 is 10.2 Å². The van der Waals surface area contributed by atoms with Gasteiger partial charge in [0.2, 0.25) is 0 Å². The minimum atomic E-state index is -0.783. The zero-order valence-corrected chi connectivity index (χ0v) is 19.0. The molecule has 5 aromatic heterocycles. The summed E-state index contributed by atoms with van der Waals surface area (Å²) in [6.07, 6.45) is 12.3. The van der Waals surface area contributed by atoms with E-state index in [1.165, 1.54) is 0 Å². The number of H-pyrrole nitrogens is 2. The van der Waals surface area contributed by atoms with Gasteiger partial charge in [-0.05, 0) is 37.8 Å². The van der Waals surface area contributed by atoms with Gasteiger partial charge in [0, 0.05) is 59.3 Å². The molecule has 2 aliphatic rings. The highest BCUT2D eigenvalue weighted by atomic mass is 16.3. The lowest BCUT2D eigenvalue weighted by Crippen LogP contribution is -2.49. The Balaban J connectivity index is 1.29. The summed E-state index contributed by atoms with van der Waals surface area (Å²) in [4.78, 5) is 22.6. The first-order chi connectivity index (χ1) is 17.2. The number of aliphatic hydroxyl groups excluding tert-OH is 2. The van der Waals surface area contributed by atoms with Crippen molar-refractivity contribution in [1.82, 2.24) is 39.4 Å². The van der Waals surface area contributed by atoms with E-state index in [1.54, 1.807) is 12.4 Å². The first-order valence-electron chi connectivity index (χ1n) is 12.1. The van der Waals surface area contributed by atoms with Crippen LogP contribution in [0.25, 0.3) is 39.3 Å². The topological polar surface area (TPSA) is 131 Å². The van der Waals surface area contributed by atoms with Gasteiger partial charge in [-0.2, -0.15) is 9.61 Å². The van der Waals surface area contributed by atoms with Crippen LogP contribution in [0.2, 0.25) is 0 Å². The lowest BCUT2D eigenvalue weighted by Gasteiger charge is -2.41. The van der Waals surface area contributed by atoms with Crippen molar-refractivity contribution >= 4 is 16.7 Å². The number of nitrogens with one attached hydrogen (secondary N) is 2. The highest BCUT2D eigenvalue weighted by Gasteiger charge is 2.44. The second-order valence-electron chi connectivity index (χ2n) is 9.56. The Morgan fingerprint density at radius 1 is 1.03 bits per heavy atom. The van der Waals surface area contributed by atoms with Gasteiger partial charge in [0.15, 0.2) is 11.5 Å². The minimum Gasteiger partial charge on any atom is -0.392 e. The third kappa shape index (κ3) is 3.21. The number of hydrogen-bond acceptors (Lipinski definition) is 7. The van der Waals surface area contributed by atoms with Gasteiger partial charge in [0.05, 0.1) is 18.5 Å². The van der Waals surface area contributed by atoms with Crippen molar-refractivity contribution in [3.05, 3.63) is 54.9 Å². The summed E-state index contributed by atoms with van der Waals surface area (Å²) >= 11 is 0. The van der Waals surface area contributed by atoms with Crippen LogP contribution in [0.5, 0.6) is 0 Å². The smallest absolute Gasteiger partial charge is 0.165 e. The second-order valence-corrected chi connectivity index (χ2v) is 9.56. The first-order valence-corrected chi connectivity index (χ1v) is 12.1. The molecule has 2 unspecified atom stereocenters. The SMILES string of the molecule is OCC(O)N1[C@@H]2CC[C@H]1CC(c1nc3c(-c4ccc(-c5ncc[nH]5)nc4)cnn3c3[nH]ccc13)C2. The quantitative estimate of drug-likeness (QED) is 0.311. The van der Waals surface area contributed by atoms with Crippen molar-refractivity contribution in [2.75, 3.05) is 6.61 Å². The van der Waals surface area contributed by atoms with Gasteiger partial charge in [-0.1, -0.05) is 6.07 Å². The molecule has 2 bridgehead atoms. The zero-order chi connectivity index (χ0) is 23.5. The Kier molecular flexibility index (Phi) is 4.73. The van der Waals surface area contributed by atoms with Gasteiger partial charge in [0.25, 0.3) is 0 Å². The number of hydrogen-bond donors (Lipinski definition) is 4. The summed E-state index contributed by atoms with van der Waals surface area (Å²) in [5, 5.41) is 25.6. The monoisotopic (exact) mass is 470 g/mol. The number of fused-ring (bicyclic) bond motifs is 5. The lowest BCUT2D eigenvalue weighted by molar-refractivity contribution is -0.0773. The maximum absolute atomic E-state index is 10.3. The first kappa shape index (κ1) is 20.7. The van der Waals surface area contributed by atoms with Gasteiger partial charge in [-0.15, -0.1) is 0 Å². The largest absolute Gasteiger partial charge is 0.392 e. The van der Waals surface area contributed by atoms with Crippen LogP contribution in [0.4, 0.5) is 0 Å². The Bertz CT molecular complexity index is 1480. The molecule has 10 nitrogen and oxygen atoms in total. The number of rotatable bonds is 5. The highest BCUT2D eigenvalue weighted by Crippen LogP contribution is 2.45. The summed E-state index contributed by atoms with van der Waals surface area (Å²) in [5.74, 6) is 1.01. The van der Waals surface area contributed by atoms with E-state index in [0.717, 1.165) is 70.7 Å². The van der Waals surface area contributed by atoms with Crippen LogP contribution in [0.1, 0.15) is 37.3 Å². The van der Waals surface area contributed by atoms with Gasteiger partial charge in [0.1, 0.15) is 17.6 Å². The summed E-state index contributed by atoms with van der Waals surface area (Å²) in [6, 6.07) is 6.57. The van der Waals surface area contributed by atoms with E-state index < -0.39 is 6.23 Å². The van der Waals surface area contributed by atoms with Gasteiger partial charge in [-0.3, -0.25) is 9.88 Å². The van der Waals surface area contributed by atoms with E-state index in [0.29, 0.717) is 0 Å². The molecule has 7 heterocycles. The fraction of sp³-hybridized carbons (Fsp3) is 0.360. The standard InChI is InChI=1S/C25H26N8O2/c34-13-21(35)32-16-2-3-17(32)10-15(9-16)22-18-5-6-28-24(18)33-25(31-22)19(12-30-33)14-1-4-20(29-11-14)23-26-7-8-27-23/h1,4-8,11-12,15-17,21,28,34-35H,2-3,9-10,13H2,(H,26,27)/t15?,16-,17+,21?. The molecular formula is C25H26N8O2. The number of nitrogens with zero attached hydrogens (tertiary/aromatic N) is 6. The van der Waals surface area contributed by atoms with Crippen LogP contribution in [-0.2, 0) is 0 Å². The van der Waals surface area contributed by atoms with Gasteiger partial charge < -0.3 is 20.2 Å². The normalized spacial score (nSPS) is 23.4. The minimum absolute atomic E-state index is 0.226. The zero-order valence-electron chi connectivity index (χ0n) is 19.0. The Hall–Kier alpha value is -3.60. The summed E-state index contributed by atoms with van der Waals surface area (Å²) in [6.45, 7) is -0.226. The molecule has 0 aliphatic carbocycles. The molecule has 2 aliphatic heterocycles. The Morgan fingerprint density at radius 3 is 2.60 bits per heavy atom. The Labute approximate surface area is 200 Å². The molecule has 0 spiro atoms. The van der Waals surface area contributed by atoms with Crippen LogP contribution in [0.3, 0.4) is 0 Å². The van der Waals surface area contributed by atoms with Crippen molar-refractivity contribution in [1.29, 1.82) is 0 Å². The molecule has 4 atom stereocenters. The van der Waals surface area contributed by atoms with Crippen molar-refractivity contribution in [2.45, 2.75) is 49.9 Å². The number of aliphatic hydroxyl groups is 2. The van der Waals surface area contributed by atoms with E-state index in [2.05, 4.69) is 36.0 Å². The number of pyridine rings is 1. The number of imidazole rings is 1. The number of aromatic nitrogens is 7. The van der Waals surface area contributed by atoms with E-state index in [4.69, 9.17) is 4.98 Å². The molecule has 0 aromatic carbocycles. The van der Waals surface area contributed by atoms with Gasteiger partial charge in [-0.25, -0.2) is 9.97 Å². The highest BCUT2D eigenvalue weighted by molar-refractivity contribution is 5.86. The van der Waals surface area contributed by atoms with Crippen molar-refractivity contribution in [2.24, 2.45) is 0 Å². The van der Waals surface area contributed by atoms with Gasteiger partial charge >= 0.3 is 0 Å². The molecule has 0 saturated carbocycles. The molecule has 5 aromatic rings. The third-order valence-electron chi connectivity index (χ3n) is 7.68. The molecule has 4 N–H and O–H groups in total. The van der Waals surface area contributed by atoms with Crippen LogP contribution in [-0.4, -0.2) is 74.6 Å². The predicted molar refractivity (Wildman–Crippen MR) is 129 cm³/mol. The van der Waals surface area contributed by atoms with Crippen molar-refractivity contribution in [3.8, 4) is 22.6 Å². The van der Waals surface area contributed by atoms with E-state index in [9.17, 15) is 10.2 Å². The Morgan fingerprint density at radius 2 is 1.89 bits per heavy atom.